The molecule has 0 saturated carbocycles. The van der Waals surface area contributed by atoms with E-state index in [9.17, 15) is 9.46 Å². The van der Waals surface area contributed by atoms with Crippen molar-refractivity contribution < 1.29 is 18.7 Å². The first-order valence-electron chi connectivity index (χ1n) is 14.7. The fraction of sp³-hybridized carbons (Fsp3) is 0.815. The summed E-state index contributed by atoms with van der Waals surface area (Å²) in [7, 11) is -0.289. The molecule has 0 aliphatic heterocycles. The van der Waals surface area contributed by atoms with Crippen LogP contribution in [0.5, 0.6) is 0 Å². The Morgan fingerprint density at radius 3 is 2.15 bits per heavy atom. The Labute approximate surface area is 243 Å². The molecule has 0 radical (unpaired) electrons. The number of nitrogen functional groups attached to an aromatic ring is 1. The largest absolute Gasteiger partial charge is 0.382 e. The highest BCUT2D eigenvalue weighted by atomic mass is 33.1. The molecule has 2 aromatic heterocycles. The summed E-state index contributed by atoms with van der Waals surface area (Å²) in [6.45, 7) is 4.74. The van der Waals surface area contributed by atoms with Gasteiger partial charge in [-0.3, -0.25) is 4.57 Å². The molecule has 3 N–H and O–H groups in total. The molecule has 2 aromatic rings. The first-order valence-corrected chi connectivity index (χ1v) is 18.9. The zero-order valence-corrected chi connectivity index (χ0v) is 26.5. The van der Waals surface area contributed by atoms with Gasteiger partial charge in [-0.1, -0.05) is 112 Å². The predicted octanol–water partition coefficient (Wildman–Crippen LogP) is 7.84. The van der Waals surface area contributed by atoms with Crippen LogP contribution in [-0.4, -0.2) is 55.0 Å². The number of nitrogens with zero attached hydrogens (tertiary/aromatic N) is 4. The molecule has 2 rings (SSSR count). The Balaban J connectivity index is 1.38. The molecule has 0 saturated heterocycles. The lowest BCUT2D eigenvalue weighted by molar-refractivity contribution is 0.0724. The van der Waals surface area contributed by atoms with Gasteiger partial charge in [0.25, 0.3) is 0 Å². The van der Waals surface area contributed by atoms with Crippen molar-refractivity contribution in [2.24, 2.45) is 0 Å². The second-order valence-electron chi connectivity index (χ2n) is 10.1. The highest BCUT2D eigenvalue weighted by molar-refractivity contribution is 8.76. The van der Waals surface area contributed by atoms with Gasteiger partial charge in [-0.05, 0) is 13.3 Å². The number of ether oxygens (including phenoxy) is 1. The molecule has 2 atom stereocenters. The molecule has 12 heteroatoms. The summed E-state index contributed by atoms with van der Waals surface area (Å²) >= 11 is 0. The van der Waals surface area contributed by atoms with E-state index in [2.05, 4.69) is 21.9 Å². The van der Waals surface area contributed by atoms with E-state index < -0.39 is 7.60 Å². The van der Waals surface area contributed by atoms with Crippen LogP contribution in [0.1, 0.15) is 104 Å². The molecule has 0 fully saturated rings. The lowest BCUT2D eigenvalue weighted by atomic mass is 10.0. The van der Waals surface area contributed by atoms with E-state index >= 15 is 0 Å². The number of nitrogens with two attached hydrogens (primary N) is 1. The van der Waals surface area contributed by atoms with Crippen molar-refractivity contribution in [3.8, 4) is 0 Å². The lowest BCUT2D eigenvalue weighted by Gasteiger charge is -2.17. The third kappa shape index (κ3) is 15.7. The zero-order chi connectivity index (χ0) is 28.2. The SMILES string of the molecule is CCCCCCCCCCCCCCCCSSCCOP(=O)(O)CO[C@H](C)Cn1cnc2c(N)ncnc21. The first kappa shape index (κ1) is 34.4. The van der Waals surface area contributed by atoms with Crippen LogP contribution in [0.25, 0.3) is 11.2 Å². The third-order valence-corrected chi connectivity index (χ3v) is 10.0. The maximum Gasteiger partial charge on any atom is 0.353 e. The van der Waals surface area contributed by atoms with Crippen LogP contribution in [0, 0.1) is 0 Å². The molecule has 0 aromatic carbocycles. The second-order valence-corrected chi connectivity index (χ2v) is 14.6. The number of rotatable bonds is 25. The molecule has 9 nitrogen and oxygen atoms in total. The lowest BCUT2D eigenvalue weighted by Crippen LogP contribution is -2.17. The monoisotopic (exact) mass is 603 g/mol. The number of hydrogen-bond acceptors (Lipinski definition) is 9. The minimum Gasteiger partial charge on any atom is -0.382 e. The van der Waals surface area contributed by atoms with Gasteiger partial charge < -0.3 is 24.5 Å². The maximum absolute atomic E-state index is 12.3. The zero-order valence-electron chi connectivity index (χ0n) is 24.0. The summed E-state index contributed by atoms with van der Waals surface area (Å²) < 4.78 is 24.9. The van der Waals surface area contributed by atoms with E-state index in [1.165, 1.54) is 96.2 Å². The standard InChI is InChI=1S/C27H50N5O4PS2/c1-3-4-5-6-7-8-9-10-11-12-13-14-15-16-18-38-39-19-17-36-37(33,34)23-35-24(2)20-32-22-31-25-26(28)29-21-30-27(25)32/h21-22,24H,3-20,23H2,1-2H3,(H,33,34)(H2,28,29,30)/t24-/m1/s1. The normalized spacial score (nSPS) is 14.1. The molecule has 224 valence electrons. The highest BCUT2D eigenvalue weighted by Crippen LogP contribution is 2.42. The number of aromatic nitrogens is 4. The van der Waals surface area contributed by atoms with Crippen molar-refractivity contribution in [3.63, 3.8) is 0 Å². The van der Waals surface area contributed by atoms with Gasteiger partial charge in [-0.2, -0.15) is 0 Å². The second kappa shape index (κ2) is 20.9. The fourth-order valence-corrected chi connectivity index (χ4v) is 7.30. The van der Waals surface area contributed by atoms with Crippen molar-refractivity contribution in [3.05, 3.63) is 12.7 Å². The molecule has 2 heterocycles. The quantitative estimate of drug-likeness (QED) is 0.0658. The van der Waals surface area contributed by atoms with E-state index in [1.54, 1.807) is 21.7 Å². The molecule has 0 bridgehead atoms. The van der Waals surface area contributed by atoms with Crippen LogP contribution in [-0.2, 0) is 20.4 Å². The highest BCUT2D eigenvalue weighted by Gasteiger charge is 2.21. The number of fused-ring (bicyclic) bond motifs is 1. The van der Waals surface area contributed by atoms with Crippen molar-refractivity contribution in [1.29, 1.82) is 0 Å². The van der Waals surface area contributed by atoms with Gasteiger partial charge >= 0.3 is 7.60 Å². The molecular weight excluding hydrogens is 553 g/mol. The Morgan fingerprint density at radius 1 is 0.923 bits per heavy atom. The number of hydrogen-bond donors (Lipinski definition) is 2. The van der Waals surface area contributed by atoms with Crippen LogP contribution in [0.2, 0.25) is 0 Å². The van der Waals surface area contributed by atoms with Gasteiger partial charge in [0.2, 0.25) is 0 Å². The molecule has 0 aliphatic rings. The fourth-order valence-electron chi connectivity index (χ4n) is 4.31. The number of unbranched alkanes of at least 4 members (excludes halogenated alkanes) is 13. The average molecular weight is 604 g/mol. The number of imidazole rings is 1. The van der Waals surface area contributed by atoms with Crippen LogP contribution >= 0.6 is 29.2 Å². The van der Waals surface area contributed by atoms with E-state index in [4.69, 9.17) is 15.0 Å². The smallest absolute Gasteiger partial charge is 0.353 e. The molecule has 0 spiro atoms. The average Bonchev–Trinajstić information content (AvgIpc) is 3.32. The van der Waals surface area contributed by atoms with Gasteiger partial charge in [0, 0.05) is 11.5 Å². The van der Waals surface area contributed by atoms with E-state index in [0.29, 0.717) is 29.3 Å². The molecule has 0 aliphatic carbocycles. The first-order chi connectivity index (χ1) is 18.9. The minimum absolute atomic E-state index is 0.226. The summed E-state index contributed by atoms with van der Waals surface area (Å²) in [5, 5.41) is 0. The summed E-state index contributed by atoms with van der Waals surface area (Å²) in [4.78, 5) is 22.4. The molecule has 39 heavy (non-hydrogen) atoms. The van der Waals surface area contributed by atoms with Gasteiger partial charge in [-0.15, -0.1) is 0 Å². The Hall–Kier alpha value is -0.840. The maximum atomic E-state index is 12.3. The predicted molar refractivity (Wildman–Crippen MR) is 166 cm³/mol. The molecule has 0 amide bonds. The van der Waals surface area contributed by atoms with Crippen molar-refractivity contribution >= 4 is 46.2 Å². The Morgan fingerprint density at radius 2 is 1.51 bits per heavy atom. The summed E-state index contributed by atoms with van der Waals surface area (Å²) in [5.74, 6) is 2.10. The van der Waals surface area contributed by atoms with Crippen LogP contribution in [0.3, 0.4) is 0 Å². The van der Waals surface area contributed by atoms with E-state index in [0.717, 1.165) is 5.75 Å². The van der Waals surface area contributed by atoms with Crippen LogP contribution in [0.15, 0.2) is 12.7 Å². The third-order valence-electron chi connectivity index (χ3n) is 6.53. The van der Waals surface area contributed by atoms with Crippen molar-refractivity contribution in [2.75, 3.05) is 30.2 Å². The van der Waals surface area contributed by atoms with Crippen molar-refractivity contribution in [1.82, 2.24) is 19.5 Å². The van der Waals surface area contributed by atoms with Crippen molar-refractivity contribution in [2.45, 2.75) is 116 Å². The van der Waals surface area contributed by atoms with Gasteiger partial charge in [0.15, 0.2) is 11.5 Å². The summed E-state index contributed by atoms with van der Waals surface area (Å²) in [5.41, 5.74) is 6.94. The summed E-state index contributed by atoms with van der Waals surface area (Å²) in [6.07, 6.45) is 21.5. The topological polar surface area (TPSA) is 125 Å². The molecule has 1 unspecified atom stereocenters. The van der Waals surface area contributed by atoms with Gasteiger partial charge in [0.05, 0.1) is 25.6 Å². The van der Waals surface area contributed by atoms with Crippen LogP contribution in [0.4, 0.5) is 5.82 Å². The van der Waals surface area contributed by atoms with Gasteiger partial charge in [0.1, 0.15) is 18.2 Å². The van der Waals surface area contributed by atoms with E-state index in [-0.39, 0.29) is 19.1 Å². The Kier molecular flexibility index (Phi) is 18.5. The van der Waals surface area contributed by atoms with E-state index in [1.807, 2.05) is 17.7 Å². The van der Waals surface area contributed by atoms with Crippen LogP contribution < -0.4 is 5.73 Å². The van der Waals surface area contributed by atoms with Gasteiger partial charge in [-0.25, -0.2) is 15.0 Å². The summed E-state index contributed by atoms with van der Waals surface area (Å²) in [6, 6.07) is 0. The molecular formula is C27H50N5O4PS2. The number of anilines is 1. The minimum atomic E-state index is -3.80. The Bertz CT molecular complexity index is 952.